The van der Waals surface area contributed by atoms with Gasteiger partial charge >= 0.3 is 0 Å². The first-order chi connectivity index (χ1) is 14.1. The molecule has 0 radical (unpaired) electrons. The van der Waals surface area contributed by atoms with E-state index < -0.39 is 0 Å². The summed E-state index contributed by atoms with van der Waals surface area (Å²) in [4.78, 5) is 28.7. The Kier molecular flexibility index (Phi) is 7.52. The molecule has 1 fully saturated rings. The molecule has 0 unspecified atom stereocenters. The first-order valence-electron chi connectivity index (χ1n) is 9.67. The predicted octanol–water partition coefficient (Wildman–Crippen LogP) is 3.60. The van der Waals surface area contributed by atoms with Crippen LogP contribution >= 0.6 is 15.9 Å². The molecule has 0 atom stereocenters. The Bertz CT molecular complexity index is 850. The van der Waals surface area contributed by atoms with Gasteiger partial charge in [0.25, 0.3) is 5.91 Å². The van der Waals surface area contributed by atoms with E-state index in [4.69, 9.17) is 9.47 Å². The average Bonchev–Trinajstić information content (AvgIpc) is 2.77. The van der Waals surface area contributed by atoms with Crippen LogP contribution in [0.3, 0.4) is 0 Å². The van der Waals surface area contributed by atoms with Crippen molar-refractivity contribution < 1.29 is 19.1 Å². The molecular formula is C22H25BrN2O4. The standard InChI is InChI=1S/C22H25BrN2O4/c1-28-18-7-4-6-17(16-18)22(27)25-13-11-24(12-14-25)21(26)10-5-15-29-20-9-3-2-8-19(20)23/h2-4,6-9,16H,5,10-15H2,1H3. The minimum Gasteiger partial charge on any atom is -0.497 e. The van der Waals surface area contributed by atoms with Crippen LogP contribution in [-0.2, 0) is 4.79 Å². The second-order valence-electron chi connectivity index (χ2n) is 6.79. The first-order valence-corrected chi connectivity index (χ1v) is 10.5. The Labute approximate surface area is 179 Å². The molecule has 2 amide bonds. The van der Waals surface area contributed by atoms with Gasteiger partial charge in [0.05, 0.1) is 18.2 Å². The zero-order valence-electron chi connectivity index (χ0n) is 16.5. The van der Waals surface area contributed by atoms with Gasteiger partial charge in [0.1, 0.15) is 11.5 Å². The second-order valence-corrected chi connectivity index (χ2v) is 7.64. The van der Waals surface area contributed by atoms with Crippen LogP contribution in [-0.4, -0.2) is 61.5 Å². The van der Waals surface area contributed by atoms with E-state index in [1.807, 2.05) is 41.3 Å². The highest BCUT2D eigenvalue weighted by Crippen LogP contribution is 2.24. The van der Waals surface area contributed by atoms with Crippen LogP contribution in [0.5, 0.6) is 11.5 Å². The Morgan fingerprint density at radius 1 is 1.00 bits per heavy atom. The Morgan fingerprint density at radius 3 is 2.45 bits per heavy atom. The largest absolute Gasteiger partial charge is 0.497 e. The zero-order valence-corrected chi connectivity index (χ0v) is 18.1. The Morgan fingerprint density at radius 2 is 1.72 bits per heavy atom. The molecule has 0 spiro atoms. The number of nitrogens with zero attached hydrogens (tertiary/aromatic N) is 2. The summed E-state index contributed by atoms with van der Waals surface area (Å²) in [6.07, 6.45) is 1.09. The van der Waals surface area contributed by atoms with Crippen molar-refractivity contribution in [2.75, 3.05) is 39.9 Å². The molecule has 1 heterocycles. The number of rotatable bonds is 7. The molecular weight excluding hydrogens is 436 g/mol. The molecule has 0 saturated carbocycles. The topological polar surface area (TPSA) is 59.1 Å². The van der Waals surface area contributed by atoms with Gasteiger partial charge in [0, 0.05) is 38.2 Å². The normalized spacial score (nSPS) is 13.9. The maximum atomic E-state index is 12.7. The number of methoxy groups -OCH3 is 1. The van der Waals surface area contributed by atoms with Gasteiger partial charge < -0.3 is 19.3 Å². The highest BCUT2D eigenvalue weighted by molar-refractivity contribution is 9.10. The van der Waals surface area contributed by atoms with Crippen LogP contribution in [0.4, 0.5) is 0 Å². The van der Waals surface area contributed by atoms with Crippen molar-refractivity contribution in [2.24, 2.45) is 0 Å². The first kappa shape index (κ1) is 21.2. The SMILES string of the molecule is COc1cccc(C(=O)N2CCN(C(=O)CCCOc3ccccc3Br)CC2)c1. The zero-order chi connectivity index (χ0) is 20.6. The summed E-state index contributed by atoms with van der Waals surface area (Å²) in [6.45, 7) is 2.67. The number of carbonyl (C=O) groups excluding carboxylic acids is 2. The van der Waals surface area contributed by atoms with Crippen molar-refractivity contribution in [2.45, 2.75) is 12.8 Å². The molecule has 0 aromatic heterocycles. The lowest BCUT2D eigenvalue weighted by molar-refractivity contribution is -0.132. The highest BCUT2D eigenvalue weighted by Gasteiger charge is 2.24. The third-order valence-electron chi connectivity index (χ3n) is 4.87. The number of halogens is 1. The Balaban J connectivity index is 1.41. The van der Waals surface area contributed by atoms with Gasteiger partial charge in [-0.05, 0) is 52.7 Å². The fourth-order valence-electron chi connectivity index (χ4n) is 3.22. The minimum absolute atomic E-state index is 0.0298. The maximum Gasteiger partial charge on any atom is 0.254 e. The number of benzene rings is 2. The fraction of sp³-hybridized carbons (Fsp3) is 0.364. The van der Waals surface area contributed by atoms with Crippen LogP contribution in [0.2, 0.25) is 0 Å². The summed E-state index contributed by atoms with van der Waals surface area (Å²) >= 11 is 3.44. The fourth-order valence-corrected chi connectivity index (χ4v) is 3.62. The summed E-state index contributed by atoms with van der Waals surface area (Å²) in [5, 5.41) is 0. The van der Waals surface area contributed by atoms with E-state index in [1.165, 1.54) is 0 Å². The summed E-state index contributed by atoms with van der Waals surface area (Å²) in [5.41, 5.74) is 0.605. The van der Waals surface area contributed by atoms with E-state index in [-0.39, 0.29) is 11.8 Å². The lowest BCUT2D eigenvalue weighted by Gasteiger charge is -2.35. The van der Waals surface area contributed by atoms with Crippen molar-refractivity contribution in [3.05, 3.63) is 58.6 Å². The van der Waals surface area contributed by atoms with Crippen molar-refractivity contribution in [1.29, 1.82) is 0 Å². The number of amides is 2. The third kappa shape index (κ3) is 5.73. The number of piperazine rings is 1. The van der Waals surface area contributed by atoms with Gasteiger partial charge in [-0.1, -0.05) is 18.2 Å². The van der Waals surface area contributed by atoms with Gasteiger partial charge in [-0.3, -0.25) is 9.59 Å². The van der Waals surface area contributed by atoms with Gasteiger partial charge in [-0.25, -0.2) is 0 Å². The van der Waals surface area contributed by atoms with E-state index in [1.54, 1.807) is 24.1 Å². The van der Waals surface area contributed by atoms with Crippen molar-refractivity contribution in [1.82, 2.24) is 9.80 Å². The van der Waals surface area contributed by atoms with Crippen molar-refractivity contribution >= 4 is 27.7 Å². The molecule has 29 heavy (non-hydrogen) atoms. The smallest absolute Gasteiger partial charge is 0.254 e. The number of hydrogen-bond donors (Lipinski definition) is 0. The van der Waals surface area contributed by atoms with Gasteiger partial charge in [-0.2, -0.15) is 0 Å². The van der Waals surface area contributed by atoms with E-state index in [0.717, 1.165) is 10.2 Å². The van der Waals surface area contributed by atoms with E-state index in [9.17, 15) is 9.59 Å². The molecule has 2 aromatic rings. The number of ether oxygens (including phenoxy) is 2. The summed E-state index contributed by atoms with van der Waals surface area (Å²) in [6, 6.07) is 14.8. The average molecular weight is 461 g/mol. The summed E-state index contributed by atoms with van der Waals surface area (Å²) < 4.78 is 11.8. The van der Waals surface area contributed by atoms with Crippen LogP contribution in [0.1, 0.15) is 23.2 Å². The predicted molar refractivity (Wildman–Crippen MR) is 114 cm³/mol. The molecule has 0 bridgehead atoms. The molecule has 1 aliphatic rings. The highest BCUT2D eigenvalue weighted by atomic mass is 79.9. The molecule has 3 rings (SSSR count). The second kappa shape index (κ2) is 10.3. The van der Waals surface area contributed by atoms with E-state index in [0.29, 0.717) is 56.9 Å². The van der Waals surface area contributed by atoms with E-state index in [2.05, 4.69) is 15.9 Å². The third-order valence-corrected chi connectivity index (χ3v) is 5.52. The van der Waals surface area contributed by atoms with Crippen LogP contribution in [0.15, 0.2) is 53.0 Å². The molecule has 154 valence electrons. The van der Waals surface area contributed by atoms with Gasteiger partial charge in [-0.15, -0.1) is 0 Å². The Hall–Kier alpha value is -2.54. The number of para-hydroxylation sites is 1. The van der Waals surface area contributed by atoms with E-state index >= 15 is 0 Å². The number of hydrogen-bond acceptors (Lipinski definition) is 4. The summed E-state index contributed by atoms with van der Waals surface area (Å²) in [5.74, 6) is 1.52. The quantitative estimate of drug-likeness (QED) is 0.592. The molecule has 2 aromatic carbocycles. The van der Waals surface area contributed by atoms with Gasteiger partial charge in [0.15, 0.2) is 0 Å². The molecule has 0 N–H and O–H groups in total. The maximum absolute atomic E-state index is 12.7. The van der Waals surface area contributed by atoms with Gasteiger partial charge in [0.2, 0.25) is 5.91 Å². The molecule has 6 nitrogen and oxygen atoms in total. The summed E-state index contributed by atoms with van der Waals surface area (Å²) in [7, 11) is 1.58. The van der Waals surface area contributed by atoms with Crippen molar-refractivity contribution in [3.63, 3.8) is 0 Å². The molecule has 1 aliphatic heterocycles. The van der Waals surface area contributed by atoms with Crippen LogP contribution in [0.25, 0.3) is 0 Å². The van der Waals surface area contributed by atoms with Crippen LogP contribution < -0.4 is 9.47 Å². The number of carbonyl (C=O) groups is 2. The molecule has 7 heteroatoms. The minimum atomic E-state index is -0.0298. The molecule has 1 saturated heterocycles. The lowest BCUT2D eigenvalue weighted by atomic mass is 10.1. The van der Waals surface area contributed by atoms with Crippen molar-refractivity contribution in [3.8, 4) is 11.5 Å². The lowest BCUT2D eigenvalue weighted by Crippen LogP contribution is -2.50. The van der Waals surface area contributed by atoms with Crippen LogP contribution in [0, 0.1) is 0 Å². The molecule has 0 aliphatic carbocycles. The monoisotopic (exact) mass is 460 g/mol.